The molecule has 1 aromatic rings. The van der Waals surface area contributed by atoms with E-state index in [1.54, 1.807) is 18.3 Å². The fourth-order valence-corrected chi connectivity index (χ4v) is 1.61. The van der Waals surface area contributed by atoms with Gasteiger partial charge in [-0.25, -0.2) is 9.78 Å². The number of carbonyl (C=O) groups is 2. The first-order chi connectivity index (χ1) is 9.62. The highest BCUT2D eigenvalue weighted by Crippen LogP contribution is 2.32. The van der Waals surface area contributed by atoms with Crippen molar-refractivity contribution in [2.24, 2.45) is 0 Å². The van der Waals surface area contributed by atoms with E-state index in [0.717, 1.165) is 14.0 Å². The number of esters is 1. The number of halogens is 3. The predicted molar refractivity (Wildman–Crippen MR) is 67.2 cm³/mol. The number of nitrogens with zero attached hydrogens (tertiary/aromatic N) is 1. The Labute approximate surface area is 118 Å². The van der Waals surface area contributed by atoms with Gasteiger partial charge in [-0.05, 0) is 19.1 Å². The largest absolute Gasteiger partial charge is 0.466 e. The van der Waals surface area contributed by atoms with Crippen LogP contribution in [-0.4, -0.2) is 35.8 Å². The molecular formula is C12H14F3N3O3. The third kappa shape index (κ3) is 3.61. The summed E-state index contributed by atoms with van der Waals surface area (Å²) in [5.41, 5.74) is -2.97. The highest BCUT2D eigenvalue weighted by Gasteiger charge is 2.63. The number of amides is 1. The third-order valence-electron chi connectivity index (χ3n) is 2.48. The number of alkyl halides is 3. The summed E-state index contributed by atoms with van der Waals surface area (Å²) in [5, 5.41) is 3.48. The van der Waals surface area contributed by atoms with Gasteiger partial charge in [-0.15, -0.1) is 0 Å². The van der Waals surface area contributed by atoms with Crippen LogP contribution in [0.25, 0.3) is 0 Å². The zero-order valence-corrected chi connectivity index (χ0v) is 11.5. The molecule has 0 bridgehead atoms. The average Bonchev–Trinajstić information content (AvgIpc) is 2.35. The first kappa shape index (κ1) is 16.7. The molecule has 0 unspecified atom stereocenters. The lowest BCUT2D eigenvalue weighted by molar-refractivity contribution is -0.206. The molecule has 0 spiro atoms. The Morgan fingerprint density at radius 3 is 2.33 bits per heavy atom. The number of carbonyl (C=O) groups excluding carboxylic acids is 2. The molecule has 1 atom stereocenters. The van der Waals surface area contributed by atoms with Gasteiger partial charge in [0, 0.05) is 12.6 Å². The molecule has 0 saturated heterocycles. The molecule has 1 amide bonds. The molecule has 0 radical (unpaired) electrons. The summed E-state index contributed by atoms with van der Waals surface area (Å²) in [7, 11) is 0.788. The Hall–Kier alpha value is -2.32. The van der Waals surface area contributed by atoms with Gasteiger partial charge in [-0.3, -0.25) is 4.79 Å². The van der Waals surface area contributed by atoms with E-state index >= 15 is 0 Å². The van der Waals surface area contributed by atoms with Crippen LogP contribution in [0, 0.1) is 6.92 Å². The molecule has 0 saturated carbocycles. The average molecular weight is 305 g/mol. The van der Waals surface area contributed by atoms with Crippen molar-refractivity contribution in [1.29, 1.82) is 0 Å². The van der Waals surface area contributed by atoms with Crippen LogP contribution in [0.5, 0.6) is 0 Å². The van der Waals surface area contributed by atoms with E-state index in [2.05, 4.69) is 9.72 Å². The Balaban J connectivity index is 3.34. The molecule has 9 heteroatoms. The van der Waals surface area contributed by atoms with Crippen LogP contribution < -0.4 is 10.6 Å². The first-order valence-electron chi connectivity index (χ1n) is 5.78. The van der Waals surface area contributed by atoms with E-state index in [-0.39, 0.29) is 5.82 Å². The van der Waals surface area contributed by atoms with Gasteiger partial charge in [-0.1, -0.05) is 6.07 Å². The highest BCUT2D eigenvalue weighted by atomic mass is 19.4. The molecule has 116 valence electrons. The Bertz CT molecular complexity index is 548. The number of aromatic nitrogens is 1. The van der Waals surface area contributed by atoms with Gasteiger partial charge in [0.2, 0.25) is 5.91 Å². The predicted octanol–water partition coefficient (Wildman–Crippen LogP) is 1.37. The van der Waals surface area contributed by atoms with Gasteiger partial charge < -0.3 is 15.4 Å². The lowest BCUT2D eigenvalue weighted by Gasteiger charge is -2.34. The van der Waals surface area contributed by atoms with Crippen molar-refractivity contribution in [1.82, 2.24) is 10.3 Å². The van der Waals surface area contributed by atoms with Gasteiger partial charge in [0.15, 0.2) is 0 Å². The monoisotopic (exact) mass is 305 g/mol. The maximum atomic E-state index is 13.4. The topological polar surface area (TPSA) is 80.3 Å². The van der Waals surface area contributed by atoms with E-state index in [0.29, 0.717) is 5.69 Å². The zero-order valence-electron chi connectivity index (χ0n) is 11.5. The highest BCUT2D eigenvalue weighted by molar-refractivity contribution is 5.90. The maximum absolute atomic E-state index is 13.4. The van der Waals surface area contributed by atoms with Crippen molar-refractivity contribution in [3.8, 4) is 0 Å². The molecular weight excluding hydrogens is 291 g/mol. The number of aryl methyl sites for hydroxylation is 1. The summed E-state index contributed by atoms with van der Waals surface area (Å²) in [4.78, 5) is 26.6. The fraction of sp³-hybridized carbons (Fsp3) is 0.417. The fourth-order valence-electron chi connectivity index (χ4n) is 1.61. The molecule has 1 heterocycles. The second kappa shape index (κ2) is 5.98. The Kier molecular flexibility index (Phi) is 4.77. The summed E-state index contributed by atoms with van der Waals surface area (Å²) in [5.74, 6) is -2.99. The Morgan fingerprint density at radius 1 is 1.29 bits per heavy atom. The van der Waals surface area contributed by atoms with E-state index in [4.69, 9.17) is 0 Å². The minimum atomic E-state index is -5.14. The van der Waals surface area contributed by atoms with E-state index in [1.165, 1.54) is 12.1 Å². The minimum absolute atomic E-state index is 0.230. The van der Waals surface area contributed by atoms with Crippen molar-refractivity contribution in [2.75, 3.05) is 12.4 Å². The number of anilines is 1. The lowest BCUT2D eigenvalue weighted by atomic mass is 10.1. The molecule has 0 aliphatic carbocycles. The molecule has 21 heavy (non-hydrogen) atoms. The number of hydrogen-bond donors (Lipinski definition) is 2. The van der Waals surface area contributed by atoms with Crippen LogP contribution in [0.2, 0.25) is 0 Å². The molecule has 0 fully saturated rings. The van der Waals surface area contributed by atoms with E-state index < -0.39 is 23.7 Å². The summed E-state index contributed by atoms with van der Waals surface area (Å²) in [6.07, 6.45) is -5.14. The van der Waals surface area contributed by atoms with Crippen LogP contribution in [0.15, 0.2) is 18.2 Å². The molecule has 1 aromatic heterocycles. The van der Waals surface area contributed by atoms with E-state index in [1.807, 2.05) is 5.32 Å². The molecule has 2 N–H and O–H groups in total. The summed E-state index contributed by atoms with van der Waals surface area (Å²) >= 11 is 0. The lowest BCUT2D eigenvalue weighted by Crippen LogP contribution is -2.69. The first-order valence-corrected chi connectivity index (χ1v) is 5.78. The van der Waals surface area contributed by atoms with Crippen LogP contribution >= 0.6 is 0 Å². The molecule has 0 aromatic carbocycles. The quantitative estimate of drug-likeness (QED) is 0.649. The van der Waals surface area contributed by atoms with Crippen molar-refractivity contribution in [3.05, 3.63) is 23.9 Å². The van der Waals surface area contributed by atoms with Crippen molar-refractivity contribution < 1.29 is 27.5 Å². The standard InChI is InChI=1S/C12H14F3N3O3/c1-7-5-4-6-9(16-7)18-11(10(20)21-3,12(13,14)15)17-8(2)19/h4-6H,1-3H3,(H,16,18)(H,17,19)/t11-/m1/s1. The van der Waals surface area contributed by atoms with E-state index in [9.17, 15) is 22.8 Å². The SMILES string of the molecule is COC(=O)[C@@](NC(C)=O)(Nc1cccc(C)n1)C(F)(F)F. The normalized spacial score (nSPS) is 14.0. The van der Waals surface area contributed by atoms with Gasteiger partial charge in [0.05, 0.1) is 7.11 Å². The van der Waals surface area contributed by atoms with Gasteiger partial charge >= 0.3 is 17.8 Å². The summed E-state index contributed by atoms with van der Waals surface area (Å²) in [6.45, 7) is 2.42. The number of nitrogens with one attached hydrogen (secondary N) is 2. The van der Waals surface area contributed by atoms with Crippen LogP contribution in [0.1, 0.15) is 12.6 Å². The van der Waals surface area contributed by atoms with Crippen LogP contribution in [-0.2, 0) is 14.3 Å². The van der Waals surface area contributed by atoms with Crippen molar-refractivity contribution in [2.45, 2.75) is 25.7 Å². The third-order valence-corrected chi connectivity index (χ3v) is 2.48. The number of rotatable bonds is 4. The number of pyridine rings is 1. The molecule has 0 aliphatic rings. The second-order valence-corrected chi connectivity index (χ2v) is 4.21. The zero-order chi connectivity index (χ0) is 16.3. The molecule has 0 aliphatic heterocycles. The second-order valence-electron chi connectivity index (χ2n) is 4.21. The van der Waals surface area contributed by atoms with Gasteiger partial charge in [0.25, 0.3) is 0 Å². The van der Waals surface area contributed by atoms with Crippen LogP contribution in [0.4, 0.5) is 19.0 Å². The number of ether oxygens (including phenoxy) is 1. The van der Waals surface area contributed by atoms with Crippen molar-refractivity contribution in [3.63, 3.8) is 0 Å². The summed E-state index contributed by atoms with van der Waals surface area (Å²) in [6, 6.07) is 4.26. The Morgan fingerprint density at radius 2 is 1.90 bits per heavy atom. The maximum Gasteiger partial charge on any atom is 0.441 e. The van der Waals surface area contributed by atoms with Crippen molar-refractivity contribution >= 4 is 17.7 Å². The molecule has 1 rings (SSSR count). The number of methoxy groups -OCH3 is 1. The van der Waals surface area contributed by atoms with Gasteiger partial charge in [-0.2, -0.15) is 13.2 Å². The smallest absolute Gasteiger partial charge is 0.441 e. The molecule has 6 nitrogen and oxygen atoms in total. The summed E-state index contributed by atoms with van der Waals surface area (Å²) < 4.78 is 44.2. The van der Waals surface area contributed by atoms with Crippen LogP contribution in [0.3, 0.4) is 0 Å². The minimum Gasteiger partial charge on any atom is -0.466 e. The van der Waals surface area contributed by atoms with Gasteiger partial charge in [0.1, 0.15) is 5.82 Å². The number of hydrogen-bond acceptors (Lipinski definition) is 5.